The molecule has 14 heavy (non-hydrogen) atoms. The fourth-order valence-electron chi connectivity index (χ4n) is 0.977. The van der Waals surface area contributed by atoms with Gasteiger partial charge in [-0.2, -0.15) is 0 Å². The van der Waals surface area contributed by atoms with Crippen LogP contribution in [0.15, 0.2) is 12.5 Å². The van der Waals surface area contributed by atoms with Crippen molar-refractivity contribution in [3.8, 4) is 0 Å². The van der Waals surface area contributed by atoms with Crippen molar-refractivity contribution in [3.05, 3.63) is 16.1 Å². The molecule has 0 aliphatic carbocycles. The summed E-state index contributed by atoms with van der Waals surface area (Å²) in [5.41, 5.74) is 5.62. The fraction of sp³-hybridized carbons (Fsp3) is 0.556. The molecule has 1 heterocycles. The molecule has 1 aromatic heterocycles. The van der Waals surface area contributed by atoms with Crippen LogP contribution in [0.5, 0.6) is 0 Å². The molecule has 0 spiro atoms. The Labute approximate surface area is 98.1 Å². The highest BCUT2D eigenvalue weighted by molar-refractivity contribution is 14.1. The van der Waals surface area contributed by atoms with Crippen molar-refractivity contribution in [2.24, 2.45) is 5.73 Å². The Morgan fingerprint density at radius 1 is 1.57 bits per heavy atom. The molecule has 0 aliphatic heterocycles. The number of rotatable bonds is 3. The van der Waals surface area contributed by atoms with Crippen molar-refractivity contribution in [2.45, 2.75) is 19.4 Å². The summed E-state index contributed by atoms with van der Waals surface area (Å²) in [5, 5.41) is 0. The van der Waals surface area contributed by atoms with Crippen molar-refractivity contribution in [1.82, 2.24) is 9.97 Å². The van der Waals surface area contributed by atoms with E-state index in [4.69, 9.17) is 5.73 Å². The lowest BCUT2D eigenvalue weighted by molar-refractivity contribution is 0.493. The monoisotopic (exact) mass is 306 g/mol. The van der Waals surface area contributed by atoms with E-state index in [9.17, 15) is 0 Å². The molecule has 0 amide bonds. The van der Waals surface area contributed by atoms with Crippen LogP contribution in [0.2, 0.25) is 0 Å². The zero-order valence-electron chi connectivity index (χ0n) is 8.66. The summed E-state index contributed by atoms with van der Waals surface area (Å²) in [6.45, 7) is 4.76. The summed E-state index contributed by atoms with van der Waals surface area (Å²) in [6, 6.07) is 0. The van der Waals surface area contributed by atoms with Gasteiger partial charge in [0.25, 0.3) is 0 Å². The van der Waals surface area contributed by atoms with Gasteiger partial charge >= 0.3 is 0 Å². The Balaban J connectivity index is 3.00. The summed E-state index contributed by atoms with van der Waals surface area (Å²) in [4.78, 5) is 10.3. The third kappa shape index (κ3) is 2.33. The first-order chi connectivity index (χ1) is 6.49. The molecule has 2 N–H and O–H groups in total. The van der Waals surface area contributed by atoms with Gasteiger partial charge in [0.2, 0.25) is 0 Å². The molecule has 0 fully saturated rings. The van der Waals surface area contributed by atoms with Crippen LogP contribution in [0.3, 0.4) is 0 Å². The molecule has 1 aromatic rings. The second kappa shape index (κ2) is 4.39. The lowest BCUT2D eigenvalue weighted by Gasteiger charge is -2.35. The number of aromatic nitrogens is 2. The topological polar surface area (TPSA) is 55.0 Å². The molecule has 78 valence electrons. The largest absolute Gasteiger partial charge is 0.352 e. The van der Waals surface area contributed by atoms with Gasteiger partial charge in [-0.05, 0) is 36.4 Å². The highest BCUT2D eigenvalue weighted by atomic mass is 127. The van der Waals surface area contributed by atoms with Crippen molar-refractivity contribution >= 4 is 28.4 Å². The third-order valence-corrected chi connectivity index (χ3v) is 3.13. The number of hydrogen-bond donors (Lipinski definition) is 1. The van der Waals surface area contributed by atoms with Crippen LogP contribution >= 0.6 is 22.6 Å². The quantitative estimate of drug-likeness (QED) is 0.854. The lowest BCUT2D eigenvalue weighted by Crippen LogP contribution is -2.48. The van der Waals surface area contributed by atoms with E-state index in [1.807, 2.05) is 7.05 Å². The maximum absolute atomic E-state index is 5.71. The van der Waals surface area contributed by atoms with Crippen molar-refractivity contribution in [1.29, 1.82) is 0 Å². The molecule has 0 saturated heterocycles. The van der Waals surface area contributed by atoms with E-state index < -0.39 is 0 Å². The first kappa shape index (κ1) is 11.6. The Bertz CT molecular complexity index is 313. The molecule has 1 rings (SSSR count). The van der Waals surface area contributed by atoms with Crippen molar-refractivity contribution < 1.29 is 0 Å². The molecule has 0 saturated carbocycles. The van der Waals surface area contributed by atoms with E-state index in [-0.39, 0.29) is 5.54 Å². The van der Waals surface area contributed by atoms with Gasteiger partial charge in [-0.15, -0.1) is 0 Å². The lowest BCUT2D eigenvalue weighted by atomic mass is 10.0. The molecule has 0 aromatic carbocycles. The minimum absolute atomic E-state index is 0.0890. The second-order valence-corrected chi connectivity index (χ2v) is 4.93. The van der Waals surface area contributed by atoms with Gasteiger partial charge in [0.05, 0.1) is 3.57 Å². The predicted molar refractivity (Wildman–Crippen MR) is 66.3 cm³/mol. The minimum Gasteiger partial charge on any atom is -0.352 e. The summed E-state index contributed by atoms with van der Waals surface area (Å²) in [7, 11) is 2.00. The average Bonchev–Trinajstić information content (AvgIpc) is 2.17. The van der Waals surface area contributed by atoms with E-state index in [0.29, 0.717) is 6.54 Å². The summed E-state index contributed by atoms with van der Waals surface area (Å²) in [6.07, 6.45) is 3.35. The Morgan fingerprint density at radius 3 is 2.71 bits per heavy atom. The van der Waals surface area contributed by atoms with E-state index in [1.54, 1.807) is 12.5 Å². The van der Waals surface area contributed by atoms with E-state index in [2.05, 4.69) is 51.3 Å². The molecule has 0 radical (unpaired) electrons. The summed E-state index contributed by atoms with van der Waals surface area (Å²) in [5.74, 6) is 0.927. The Kier molecular flexibility index (Phi) is 3.65. The van der Waals surface area contributed by atoms with Gasteiger partial charge in [0.1, 0.15) is 12.1 Å². The van der Waals surface area contributed by atoms with Gasteiger partial charge in [0, 0.05) is 25.3 Å². The van der Waals surface area contributed by atoms with Crippen LogP contribution in [0, 0.1) is 3.57 Å². The summed E-state index contributed by atoms with van der Waals surface area (Å²) < 4.78 is 1.04. The first-order valence-electron chi connectivity index (χ1n) is 4.38. The molecular weight excluding hydrogens is 291 g/mol. The van der Waals surface area contributed by atoms with Gasteiger partial charge < -0.3 is 10.6 Å². The van der Waals surface area contributed by atoms with Crippen LogP contribution in [0.25, 0.3) is 0 Å². The molecule has 0 aliphatic rings. The molecule has 5 heteroatoms. The average molecular weight is 306 g/mol. The second-order valence-electron chi connectivity index (χ2n) is 3.77. The molecular formula is C9H15IN4. The van der Waals surface area contributed by atoms with Crippen molar-refractivity contribution in [2.75, 3.05) is 18.5 Å². The zero-order valence-corrected chi connectivity index (χ0v) is 10.8. The number of nitrogens with zero attached hydrogens (tertiary/aromatic N) is 3. The standard InChI is InChI=1S/C9H15IN4/c1-9(2,5-11)14(3)8-7(10)4-12-6-13-8/h4,6H,5,11H2,1-3H3. The molecule has 0 unspecified atom stereocenters. The van der Waals surface area contributed by atoms with Crippen LogP contribution < -0.4 is 10.6 Å². The van der Waals surface area contributed by atoms with E-state index in [1.165, 1.54) is 0 Å². The van der Waals surface area contributed by atoms with Crippen LogP contribution in [0.4, 0.5) is 5.82 Å². The van der Waals surface area contributed by atoms with Gasteiger partial charge in [-0.1, -0.05) is 0 Å². The minimum atomic E-state index is -0.0890. The fourth-order valence-corrected chi connectivity index (χ4v) is 1.64. The number of halogens is 1. The zero-order chi connectivity index (χ0) is 10.8. The van der Waals surface area contributed by atoms with Gasteiger partial charge in [-0.25, -0.2) is 9.97 Å². The van der Waals surface area contributed by atoms with Gasteiger partial charge in [0.15, 0.2) is 0 Å². The van der Waals surface area contributed by atoms with Crippen LogP contribution in [-0.2, 0) is 0 Å². The maximum Gasteiger partial charge on any atom is 0.145 e. The molecule has 4 nitrogen and oxygen atoms in total. The van der Waals surface area contributed by atoms with Crippen LogP contribution in [-0.4, -0.2) is 29.1 Å². The molecule has 0 bridgehead atoms. The van der Waals surface area contributed by atoms with E-state index >= 15 is 0 Å². The van der Waals surface area contributed by atoms with Crippen molar-refractivity contribution in [3.63, 3.8) is 0 Å². The third-order valence-electron chi connectivity index (χ3n) is 2.37. The Morgan fingerprint density at radius 2 is 2.21 bits per heavy atom. The SMILES string of the molecule is CN(c1ncncc1I)C(C)(C)CN. The number of nitrogens with two attached hydrogens (primary N) is 1. The van der Waals surface area contributed by atoms with Gasteiger partial charge in [-0.3, -0.25) is 0 Å². The van der Waals surface area contributed by atoms with E-state index in [0.717, 1.165) is 9.39 Å². The smallest absolute Gasteiger partial charge is 0.145 e. The highest BCUT2D eigenvalue weighted by Crippen LogP contribution is 2.23. The first-order valence-corrected chi connectivity index (χ1v) is 5.46. The number of hydrogen-bond acceptors (Lipinski definition) is 4. The number of anilines is 1. The predicted octanol–water partition coefficient (Wildman–Crippen LogP) is 1.25. The normalized spacial score (nSPS) is 11.5. The Hall–Kier alpha value is -0.430. The maximum atomic E-state index is 5.71. The highest BCUT2D eigenvalue weighted by Gasteiger charge is 2.24. The molecule has 0 atom stereocenters. The van der Waals surface area contributed by atoms with Crippen LogP contribution in [0.1, 0.15) is 13.8 Å². The summed E-state index contributed by atoms with van der Waals surface area (Å²) >= 11 is 2.22. The number of likely N-dealkylation sites (N-methyl/N-ethyl adjacent to an activating group) is 1.